The van der Waals surface area contributed by atoms with E-state index in [-0.39, 0.29) is 23.8 Å². The first-order chi connectivity index (χ1) is 16.0. The molecule has 0 aromatic heterocycles. The summed E-state index contributed by atoms with van der Waals surface area (Å²) in [7, 11) is 0. The van der Waals surface area contributed by atoms with Gasteiger partial charge in [0.05, 0.1) is 23.5 Å². The first-order valence-electron chi connectivity index (χ1n) is 11.7. The van der Waals surface area contributed by atoms with Crippen molar-refractivity contribution >= 4 is 17.2 Å². The van der Waals surface area contributed by atoms with E-state index in [1.165, 1.54) is 11.1 Å². The number of ketones is 1. The molecule has 0 spiro atoms. The van der Waals surface area contributed by atoms with Gasteiger partial charge < -0.3 is 15.4 Å². The van der Waals surface area contributed by atoms with Crippen molar-refractivity contribution in [1.82, 2.24) is 0 Å². The predicted molar refractivity (Wildman–Crippen MR) is 134 cm³/mol. The SMILES string of the molecule is Cc1ccc(C2Nc3ccccc3NC3=C2C(=O)CC(c2ccc(OC(C)C)cc2)C3)cc1. The molecular weight excluding hydrogens is 408 g/mol. The predicted octanol–water partition coefficient (Wildman–Crippen LogP) is 6.76. The molecule has 0 radical (unpaired) electrons. The average Bonchev–Trinajstić information content (AvgIpc) is 2.96. The van der Waals surface area contributed by atoms with Crippen molar-refractivity contribution in [1.29, 1.82) is 0 Å². The van der Waals surface area contributed by atoms with Crippen molar-refractivity contribution in [2.45, 2.75) is 51.7 Å². The van der Waals surface area contributed by atoms with Crippen LogP contribution >= 0.6 is 0 Å². The number of benzene rings is 3. The summed E-state index contributed by atoms with van der Waals surface area (Å²) in [6.07, 6.45) is 1.44. The van der Waals surface area contributed by atoms with E-state index in [4.69, 9.17) is 4.74 Å². The number of nitrogens with one attached hydrogen (secondary N) is 2. The van der Waals surface area contributed by atoms with E-state index < -0.39 is 0 Å². The van der Waals surface area contributed by atoms with Crippen molar-refractivity contribution < 1.29 is 9.53 Å². The van der Waals surface area contributed by atoms with Gasteiger partial charge in [0, 0.05) is 17.7 Å². The highest BCUT2D eigenvalue weighted by Crippen LogP contribution is 2.44. The molecular formula is C29H30N2O2. The summed E-state index contributed by atoms with van der Waals surface area (Å²) in [5.74, 6) is 1.20. The number of ether oxygens (including phenoxy) is 1. The first kappa shape index (κ1) is 21.3. The quantitative estimate of drug-likeness (QED) is 0.472. The highest BCUT2D eigenvalue weighted by atomic mass is 16.5. The molecule has 168 valence electrons. The Kier molecular flexibility index (Phi) is 5.67. The van der Waals surface area contributed by atoms with Gasteiger partial charge in [-0.1, -0.05) is 54.1 Å². The third kappa shape index (κ3) is 4.38. The Morgan fingerprint density at radius 2 is 1.52 bits per heavy atom. The van der Waals surface area contributed by atoms with Crippen LogP contribution in [0.4, 0.5) is 11.4 Å². The number of hydrogen-bond donors (Lipinski definition) is 2. The van der Waals surface area contributed by atoms with Crippen LogP contribution in [-0.2, 0) is 4.79 Å². The maximum Gasteiger partial charge on any atom is 0.163 e. The summed E-state index contributed by atoms with van der Waals surface area (Å²) < 4.78 is 5.79. The molecule has 5 rings (SSSR count). The lowest BCUT2D eigenvalue weighted by Gasteiger charge is -2.30. The monoisotopic (exact) mass is 438 g/mol. The Hall–Kier alpha value is -3.53. The second-order valence-electron chi connectivity index (χ2n) is 9.31. The number of Topliss-reactive ketones (excluding diaryl/α,β-unsaturated/α-hetero) is 1. The van der Waals surface area contributed by atoms with E-state index in [1.807, 2.05) is 38.1 Å². The summed E-state index contributed by atoms with van der Waals surface area (Å²) in [4.78, 5) is 13.6. The van der Waals surface area contributed by atoms with Crippen LogP contribution in [0.3, 0.4) is 0 Å². The fourth-order valence-corrected chi connectivity index (χ4v) is 4.83. The van der Waals surface area contributed by atoms with Gasteiger partial charge in [0.25, 0.3) is 0 Å². The van der Waals surface area contributed by atoms with Gasteiger partial charge in [-0.25, -0.2) is 0 Å². The second kappa shape index (κ2) is 8.78. The Morgan fingerprint density at radius 1 is 0.848 bits per heavy atom. The van der Waals surface area contributed by atoms with Crippen LogP contribution < -0.4 is 15.4 Å². The van der Waals surface area contributed by atoms with Crippen molar-refractivity contribution in [2.24, 2.45) is 0 Å². The van der Waals surface area contributed by atoms with Gasteiger partial charge in [0.15, 0.2) is 5.78 Å². The van der Waals surface area contributed by atoms with Gasteiger partial charge in [-0.15, -0.1) is 0 Å². The van der Waals surface area contributed by atoms with Crippen LogP contribution in [0.15, 0.2) is 84.1 Å². The number of fused-ring (bicyclic) bond motifs is 1. The Balaban J connectivity index is 1.52. The maximum atomic E-state index is 13.6. The zero-order valence-electron chi connectivity index (χ0n) is 19.4. The summed E-state index contributed by atoms with van der Waals surface area (Å²) in [5.41, 5.74) is 7.37. The number of aryl methyl sites for hydroxylation is 1. The van der Waals surface area contributed by atoms with Gasteiger partial charge >= 0.3 is 0 Å². The summed E-state index contributed by atoms with van der Waals surface area (Å²) in [5, 5.41) is 7.26. The molecule has 3 aromatic carbocycles. The molecule has 0 saturated carbocycles. The summed E-state index contributed by atoms with van der Waals surface area (Å²) in [6.45, 7) is 6.13. The second-order valence-corrected chi connectivity index (χ2v) is 9.31. The number of hydrogen-bond acceptors (Lipinski definition) is 4. The zero-order chi connectivity index (χ0) is 22.9. The number of carbonyl (C=O) groups excluding carboxylic acids is 1. The minimum Gasteiger partial charge on any atom is -0.491 e. The van der Waals surface area contributed by atoms with Gasteiger partial charge in [0.1, 0.15) is 5.75 Å². The molecule has 0 amide bonds. The molecule has 2 aliphatic rings. The molecule has 0 fully saturated rings. The molecule has 1 heterocycles. The molecule has 1 aliphatic carbocycles. The van der Waals surface area contributed by atoms with E-state index in [9.17, 15) is 4.79 Å². The van der Waals surface area contributed by atoms with Crippen molar-refractivity contribution in [3.63, 3.8) is 0 Å². The Morgan fingerprint density at radius 3 is 2.21 bits per heavy atom. The lowest BCUT2D eigenvalue weighted by atomic mass is 9.78. The van der Waals surface area contributed by atoms with Crippen LogP contribution in [0.5, 0.6) is 5.75 Å². The van der Waals surface area contributed by atoms with Gasteiger partial charge in [0.2, 0.25) is 0 Å². The molecule has 2 unspecified atom stereocenters. The van der Waals surface area contributed by atoms with Gasteiger partial charge in [-0.2, -0.15) is 0 Å². The number of carbonyl (C=O) groups is 1. The molecule has 1 aliphatic heterocycles. The lowest BCUT2D eigenvalue weighted by Crippen LogP contribution is -2.26. The molecule has 0 bridgehead atoms. The van der Waals surface area contributed by atoms with E-state index in [0.717, 1.165) is 40.4 Å². The van der Waals surface area contributed by atoms with E-state index in [1.54, 1.807) is 0 Å². The first-order valence-corrected chi connectivity index (χ1v) is 11.7. The Bertz CT molecular complexity index is 1190. The average molecular weight is 439 g/mol. The largest absolute Gasteiger partial charge is 0.491 e. The van der Waals surface area contributed by atoms with Gasteiger partial charge in [-0.3, -0.25) is 4.79 Å². The van der Waals surface area contributed by atoms with E-state index in [2.05, 4.69) is 66.1 Å². The van der Waals surface area contributed by atoms with E-state index >= 15 is 0 Å². The fraction of sp³-hybridized carbons (Fsp3) is 0.276. The molecule has 4 nitrogen and oxygen atoms in total. The zero-order valence-corrected chi connectivity index (χ0v) is 19.4. The third-order valence-corrected chi connectivity index (χ3v) is 6.44. The van der Waals surface area contributed by atoms with Crippen LogP contribution in [0.1, 0.15) is 55.3 Å². The minimum atomic E-state index is -0.174. The molecule has 33 heavy (non-hydrogen) atoms. The minimum absolute atomic E-state index is 0.140. The number of anilines is 2. The topological polar surface area (TPSA) is 50.4 Å². The molecule has 4 heteroatoms. The number of para-hydroxylation sites is 2. The summed E-state index contributed by atoms with van der Waals surface area (Å²) >= 11 is 0. The smallest absolute Gasteiger partial charge is 0.163 e. The Labute approximate surface area is 195 Å². The van der Waals surface area contributed by atoms with E-state index in [0.29, 0.717) is 6.42 Å². The normalized spacial score (nSPS) is 19.8. The molecule has 2 atom stereocenters. The maximum absolute atomic E-state index is 13.6. The van der Waals surface area contributed by atoms with Crippen LogP contribution in [0.25, 0.3) is 0 Å². The third-order valence-electron chi connectivity index (χ3n) is 6.44. The highest BCUT2D eigenvalue weighted by molar-refractivity contribution is 6.01. The summed E-state index contributed by atoms with van der Waals surface area (Å²) in [6, 6.07) is 24.7. The van der Waals surface area contributed by atoms with Gasteiger partial charge in [-0.05, 0) is 68.5 Å². The molecule has 3 aromatic rings. The molecule has 0 saturated heterocycles. The number of allylic oxidation sites excluding steroid dienone is 1. The lowest BCUT2D eigenvalue weighted by molar-refractivity contribution is -0.116. The standard InChI is InChI=1S/C29H30N2O2/c1-18(2)33-23-14-12-20(13-15-23)22-16-26-28(27(32)17-22)29(21-10-8-19(3)9-11-21)31-25-7-5-4-6-24(25)30-26/h4-15,18,22,29-31H,16-17H2,1-3H3. The van der Waals surface area contributed by atoms with Crippen molar-refractivity contribution in [2.75, 3.05) is 10.6 Å². The van der Waals surface area contributed by atoms with Crippen molar-refractivity contribution in [3.05, 3.63) is 101 Å². The highest BCUT2D eigenvalue weighted by Gasteiger charge is 2.36. The van der Waals surface area contributed by atoms with Crippen molar-refractivity contribution in [3.8, 4) is 5.75 Å². The van der Waals surface area contributed by atoms with Crippen LogP contribution in [0.2, 0.25) is 0 Å². The van der Waals surface area contributed by atoms with Crippen LogP contribution in [-0.4, -0.2) is 11.9 Å². The van der Waals surface area contributed by atoms with Crippen LogP contribution in [0, 0.1) is 6.92 Å². The number of rotatable bonds is 4. The fourth-order valence-electron chi connectivity index (χ4n) is 4.83. The molecule has 2 N–H and O–H groups in total.